The number of carbonyl (C=O) groups is 2. The second-order valence-corrected chi connectivity index (χ2v) is 9.00. The standard InChI is InChI=1S/C22H32N4O2/c1-22(8-9-22)21(28)25-12-6-19(7-13-25)26-11-3-5-18(16-26)20(27)24-15-17-4-2-10-23-14-17/h2,4,10,14,18-19H,3,5-9,11-13,15-16H2,1H3,(H,24,27). The Morgan fingerprint density at radius 1 is 1.21 bits per heavy atom. The molecule has 1 aromatic rings. The van der Waals surface area contributed by atoms with Gasteiger partial charge in [0.1, 0.15) is 0 Å². The largest absolute Gasteiger partial charge is 0.352 e. The van der Waals surface area contributed by atoms with Crippen LogP contribution >= 0.6 is 0 Å². The van der Waals surface area contributed by atoms with Crippen molar-refractivity contribution in [2.45, 2.75) is 58.0 Å². The van der Waals surface area contributed by atoms with Crippen LogP contribution in [0.5, 0.6) is 0 Å². The van der Waals surface area contributed by atoms with E-state index < -0.39 is 0 Å². The molecule has 6 heteroatoms. The van der Waals surface area contributed by atoms with Crippen LogP contribution in [0.1, 0.15) is 51.0 Å². The fourth-order valence-corrected chi connectivity index (χ4v) is 4.61. The molecule has 0 bridgehead atoms. The Balaban J connectivity index is 1.25. The van der Waals surface area contributed by atoms with Gasteiger partial charge in [-0.05, 0) is 56.7 Å². The Morgan fingerprint density at radius 3 is 2.68 bits per heavy atom. The smallest absolute Gasteiger partial charge is 0.228 e. The third-order valence-electron chi connectivity index (χ3n) is 6.80. The Labute approximate surface area is 167 Å². The summed E-state index contributed by atoms with van der Waals surface area (Å²) in [4.78, 5) is 33.9. The van der Waals surface area contributed by atoms with E-state index in [2.05, 4.69) is 27.0 Å². The zero-order valence-corrected chi connectivity index (χ0v) is 16.9. The number of piperidine rings is 2. The van der Waals surface area contributed by atoms with E-state index in [1.54, 1.807) is 12.4 Å². The van der Waals surface area contributed by atoms with Crippen LogP contribution in [0.2, 0.25) is 0 Å². The number of pyridine rings is 1. The highest BCUT2D eigenvalue weighted by Crippen LogP contribution is 2.46. The lowest BCUT2D eigenvalue weighted by atomic mass is 9.93. The van der Waals surface area contributed by atoms with Gasteiger partial charge in [-0.15, -0.1) is 0 Å². The molecule has 3 heterocycles. The number of amides is 2. The summed E-state index contributed by atoms with van der Waals surface area (Å²) in [6.07, 6.45) is 9.74. The second kappa shape index (κ2) is 8.19. The summed E-state index contributed by atoms with van der Waals surface area (Å²) < 4.78 is 0. The zero-order valence-electron chi connectivity index (χ0n) is 16.9. The molecule has 4 rings (SSSR count). The van der Waals surface area contributed by atoms with Gasteiger partial charge in [-0.3, -0.25) is 19.5 Å². The van der Waals surface area contributed by atoms with Crippen LogP contribution in [0.4, 0.5) is 0 Å². The Morgan fingerprint density at radius 2 is 2.00 bits per heavy atom. The molecular weight excluding hydrogens is 352 g/mol. The van der Waals surface area contributed by atoms with Crippen LogP contribution in [-0.2, 0) is 16.1 Å². The van der Waals surface area contributed by atoms with E-state index in [1.165, 1.54) is 0 Å². The van der Waals surface area contributed by atoms with Crippen molar-refractivity contribution in [1.82, 2.24) is 20.1 Å². The molecule has 3 aliphatic rings. The molecule has 1 unspecified atom stereocenters. The third kappa shape index (κ3) is 4.37. The van der Waals surface area contributed by atoms with E-state index in [9.17, 15) is 9.59 Å². The Hall–Kier alpha value is -1.95. The third-order valence-corrected chi connectivity index (χ3v) is 6.80. The predicted octanol–water partition coefficient (Wildman–Crippen LogP) is 2.20. The van der Waals surface area contributed by atoms with Crippen LogP contribution in [-0.4, -0.2) is 58.8 Å². The van der Waals surface area contributed by atoms with Gasteiger partial charge < -0.3 is 10.2 Å². The predicted molar refractivity (Wildman–Crippen MR) is 107 cm³/mol. The fraction of sp³-hybridized carbons (Fsp3) is 0.682. The van der Waals surface area contributed by atoms with Crippen LogP contribution in [0.3, 0.4) is 0 Å². The number of hydrogen-bond donors (Lipinski definition) is 1. The highest BCUT2D eigenvalue weighted by Gasteiger charge is 2.47. The molecule has 1 saturated carbocycles. The number of rotatable bonds is 5. The summed E-state index contributed by atoms with van der Waals surface area (Å²) in [5.74, 6) is 0.579. The van der Waals surface area contributed by atoms with Crippen LogP contribution in [0, 0.1) is 11.3 Å². The minimum atomic E-state index is -0.0601. The zero-order chi connectivity index (χ0) is 19.6. The number of hydrogen-bond acceptors (Lipinski definition) is 4. The first-order chi connectivity index (χ1) is 13.5. The van der Waals surface area contributed by atoms with Crippen molar-refractivity contribution in [1.29, 1.82) is 0 Å². The molecule has 3 fully saturated rings. The summed E-state index contributed by atoms with van der Waals surface area (Å²) in [6, 6.07) is 4.38. The van der Waals surface area contributed by atoms with Gasteiger partial charge in [-0.2, -0.15) is 0 Å². The Bertz CT molecular complexity index is 696. The molecule has 2 saturated heterocycles. The highest BCUT2D eigenvalue weighted by molar-refractivity contribution is 5.85. The number of nitrogens with zero attached hydrogens (tertiary/aromatic N) is 3. The van der Waals surface area contributed by atoms with E-state index in [0.29, 0.717) is 18.5 Å². The van der Waals surface area contributed by atoms with Crippen molar-refractivity contribution in [3.8, 4) is 0 Å². The molecule has 1 N–H and O–H groups in total. The molecule has 6 nitrogen and oxygen atoms in total. The first kappa shape index (κ1) is 19.4. The SMILES string of the molecule is CC1(C(=O)N2CCC(N3CCCC(C(=O)NCc4cccnc4)C3)CC2)CC1. The van der Waals surface area contributed by atoms with Gasteiger partial charge in [-0.25, -0.2) is 0 Å². The van der Waals surface area contributed by atoms with E-state index in [0.717, 1.165) is 70.3 Å². The van der Waals surface area contributed by atoms with Crippen molar-refractivity contribution >= 4 is 11.8 Å². The first-order valence-electron chi connectivity index (χ1n) is 10.8. The van der Waals surface area contributed by atoms with E-state index in [-0.39, 0.29) is 17.2 Å². The van der Waals surface area contributed by atoms with Gasteiger partial charge in [0.25, 0.3) is 0 Å². The molecule has 1 atom stereocenters. The summed E-state index contributed by atoms with van der Waals surface area (Å²) >= 11 is 0. The Kier molecular flexibility index (Phi) is 5.67. The topological polar surface area (TPSA) is 65.5 Å². The van der Waals surface area contributed by atoms with Gasteiger partial charge in [0.05, 0.1) is 5.92 Å². The van der Waals surface area contributed by atoms with Crippen molar-refractivity contribution in [3.63, 3.8) is 0 Å². The molecule has 2 aliphatic heterocycles. The molecule has 0 radical (unpaired) electrons. The summed E-state index contributed by atoms with van der Waals surface area (Å²) in [5, 5.41) is 3.08. The van der Waals surface area contributed by atoms with Gasteiger partial charge in [0.2, 0.25) is 11.8 Å². The minimum Gasteiger partial charge on any atom is -0.352 e. The lowest BCUT2D eigenvalue weighted by Gasteiger charge is -2.42. The normalized spacial score (nSPS) is 25.3. The van der Waals surface area contributed by atoms with Gasteiger partial charge in [0, 0.05) is 50.0 Å². The number of likely N-dealkylation sites (tertiary alicyclic amines) is 2. The van der Waals surface area contributed by atoms with Gasteiger partial charge in [-0.1, -0.05) is 13.0 Å². The first-order valence-corrected chi connectivity index (χ1v) is 10.8. The summed E-state index contributed by atoms with van der Waals surface area (Å²) in [5.41, 5.74) is 0.972. The summed E-state index contributed by atoms with van der Waals surface area (Å²) in [6.45, 7) is 6.29. The van der Waals surface area contributed by atoms with Crippen LogP contribution < -0.4 is 5.32 Å². The van der Waals surface area contributed by atoms with Gasteiger partial charge in [0.15, 0.2) is 0 Å². The lowest BCUT2D eigenvalue weighted by Crippen LogP contribution is -2.52. The quantitative estimate of drug-likeness (QED) is 0.845. The number of nitrogens with one attached hydrogen (secondary N) is 1. The maximum Gasteiger partial charge on any atom is 0.228 e. The maximum atomic E-state index is 12.6. The highest BCUT2D eigenvalue weighted by atomic mass is 16.2. The van der Waals surface area contributed by atoms with Crippen molar-refractivity contribution in [2.75, 3.05) is 26.2 Å². The lowest BCUT2D eigenvalue weighted by molar-refractivity contribution is -0.138. The van der Waals surface area contributed by atoms with Crippen molar-refractivity contribution < 1.29 is 9.59 Å². The molecule has 1 aliphatic carbocycles. The average Bonchev–Trinajstić information content (AvgIpc) is 3.51. The maximum absolute atomic E-state index is 12.6. The molecule has 152 valence electrons. The van der Waals surface area contributed by atoms with Crippen LogP contribution in [0.25, 0.3) is 0 Å². The fourth-order valence-electron chi connectivity index (χ4n) is 4.61. The molecule has 1 aromatic heterocycles. The van der Waals surface area contributed by atoms with E-state index in [4.69, 9.17) is 0 Å². The van der Waals surface area contributed by atoms with Crippen molar-refractivity contribution in [3.05, 3.63) is 30.1 Å². The van der Waals surface area contributed by atoms with E-state index in [1.807, 2.05) is 12.1 Å². The van der Waals surface area contributed by atoms with E-state index >= 15 is 0 Å². The molecular formula is C22H32N4O2. The molecule has 2 amide bonds. The van der Waals surface area contributed by atoms with Crippen molar-refractivity contribution in [2.24, 2.45) is 11.3 Å². The van der Waals surface area contributed by atoms with Crippen LogP contribution in [0.15, 0.2) is 24.5 Å². The number of aromatic nitrogens is 1. The summed E-state index contributed by atoms with van der Waals surface area (Å²) in [7, 11) is 0. The molecule has 28 heavy (non-hydrogen) atoms. The number of carbonyl (C=O) groups excluding carboxylic acids is 2. The molecule has 0 spiro atoms. The second-order valence-electron chi connectivity index (χ2n) is 9.00. The van der Waals surface area contributed by atoms with Gasteiger partial charge >= 0.3 is 0 Å². The minimum absolute atomic E-state index is 0.0601. The molecule has 0 aromatic carbocycles. The monoisotopic (exact) mass is 384 g/mol. The average molecular weight is 385 g/mol.